The highest BCUT2D eigenvalue weighted by Gasteiger charge is 2.12. The van der Waals surface area contributed by atoms with Crippen LogP contribution in [0.25, 0.3) is 10.2 Å². The number of thiophene rings is 1. The maximum atomic E-state index is 4.42. The summed E-state index contributed by atoms with van der Waals surface area (Å²) < 4.78 is 0. The maximum Gasteiger partial charge on any atom is 0.142 e. The normalized spacial score (nSPS) is 14.6. The minimum Gasteiger partial charge on any atom is -0.372 e. The Bertz CT molecular complexity index is 804. The van der Waals surface area contributed by atoms with Crippen molar-refractivity contribution in [3.05, 3.63) is 41.5 Å². The zero-order chi connectivity index (χ0) is 15.6. The molecule has 1 aliphatic rings. The smallest absolute Gasteiger partial charge is 0.142 e. The lowest BCUT2D eigenvalue weighted by molar-refractivity contribution is 0.949. The lowest BCUT2D eigenvalue weighted by Crippen LogP contribution is -2.17. The van der Waals surface area contributed by atoms with Gasteiger partial charge in [-0.15, -0.1) is 11.3 Å². The lowest BCUT2D eigenvalue weighted by atomic mass is 10.2. The molecule has 0 atom stereocenters. The third kappa shape index (κ3) is 2.88. The molecule has 0 radical (unpaired) electrons. The quantitative estimate of drug-likeness (QED) is 0.761. The zero-order valence-electron chi connectivity index (χ0n) is 13.2. The molecule has 3 heterocycles. The van der Waals surface area contributed by atoms with E-state index in [4.69, 9.17) is 0 Å². The standard InChI is InChI=1S/C18H20N4S/c1-2-15-11-16-17(19-12-20-18(16)23-15)21-13-5-7-14(8-6-13)22-9-3-4-10-22/h5-8,11-12H,2-4,9-10H2,1H3,(H,19,20,21). The first-order chi connectivity index (χ1) is 11.3. The highest BCUT2D eigenvalue weighted by atomic mass is 32.1. The van der Waals surface area contributed by atoms with Crippen LogP contribution in [0.2, 0.25) is 0 Å². The number of fused-ring (bicyclic) bond motifs is 1. The first-order valence-corrected chi connectivity index (χ1v) is 9.00. The number of anilines is 3. The van der Waals surface area contributed by atoms with E-state index in [0.29, 0.717) is 0 Å². The fourth-order valence-electron chi connectivity index (χ4n) is 3.05. The van der Waals surface area contributed by atoms with Crippen molar-refractivity contribution < 1.29 is 0 Å². The van der Waals surface area contributed by atoms with E-state index in [0.717, 1.165) is 28.1 Å². The molecular formula is C18H20N4S. The molecule has 1 fully saturated rings. The molecule has 0 amide bonds. The van der Waals surface area contributed by atoms with E-state index >= 15 is 0 Å². The Kier molecular flexibility index (Phi) is 3.87. The van der Waals surface area contributed by atoms with Crippen LogP contribution < -0.4 is 10.2 Å². The van der Waals surface area contributed by atoms with Gasteiger partial charge in [0.05, 0.1) is 5.39 Å². The van der Waals surface area contributed by atoms with Crippen molar-refractivity contribution in [1.29, 1.82) is 0 Å². The van der Waals surface area contributed by atoms with Crippen LogP contribution in [-0.4, -0.2) is 23.1 Å². The van der Waals surface area contributed by atoms with Gasteiger partial charge in [-0.05, 0) is 49.6 Å². The van der Waals surface area contributed by atoms with Gasteiger partial charge in [-0.25, -0.2) is 9.97 Å². The highest BCUT2D eigenvalue weighted by Crippen LogP contribution is 2.30. The van der Waals surface area contributed by atoms with Gasteiger partial charge in [-0.1, -0.05) is 6.92 Å². The number of hydrogen-bond acceptors (Lipinski definition) is 5. The number of hydrogen-bond donors (Lipinski definition) is 1. The summed E-state index contributed by atoms with van der Waals surface area (Å²) in [5.74, 6) is 0.889. The highest BCUT2D eigenvalue weighted by molar-refractivity contribution is 7.18. The van der Waals surface area contributed by atoms with Crippen LogP contribution in [-0.2, 0) is 6.42 Å². The van der Waals surface area contributed by atoms with E-state index in [1.165, 1.54) is 36.5 Å². The van der Waals surface area contributed by atoms with Gasteiger partial charge in [-0.3, -0.25) is 0 Å². The van der Waals surface area contributed by atoms with Crippen LogP contribution in [0.5, 0.6) is 0 Å². The third-order valence-electron chi connectivity index (χ3n) is 4.33. The minimum absolute atomic E-state index is 0.889. The molecule has 23 heavy (non-hydrogen) atoms. The Hall–Kier alpha value is -2.14. The molecule has 4 rings (SSSR count). The summed E-state index contributed by atoms with van der Waals surface area (Å²) >= 11 is 1.74. The number of aryl methyl sites for hydroxylation is 1. The van der Waals surface area contributed by atoms with Gasteiger partial charge in [0.25, 0.3) is 0 Å². The van der Waals surface area contributed by atoms with E-state index < -0.39 is 0 Å². The predicted molar refractivity (Wildman–Crippen MR) is 98.0 cm³/mol. The van der Waals surface area contributed by atoms with Crippen LogP contribution >= 0.6 is 11.3 Å². The van der Waals surface area contributed by atoms with E-state index in [1.54, 1.807) is 17.7 Å². The molecule has 4 nitrogen and oxygen atoms in total. The number of rotatable bonds is 4. The summed E-state index contributed by atoms with van der Waals surface area (Å²) in [5, 5.41) is 4.55. The Morgan fingerprint density at radius 1 is 1.13 bits per heavy atom. The molecule has 1 aliphatic heterocycles. The van der Waals surface area contributed by atoms with Crippen molar-refractivity contribution in [3.63, 3.8) is 0 Å². The van der Waals surface area contributed by atoms with Crippen molar-refractivity contribution in [2.24, 2.45) is 0 Å². The van der Waals surface area contributed by atoms with E-state index in [2.05, 4.69) is 57.4 Å². The Morgan fingerprint density at radius 3 is 2.65 bits per heavy atom. The van der Waals surface area contributed by atoms with Crippen molar-refractivity contribution in [1.82, 2.24) is 9.97 Å². The van der Waals surface area contributed by atoms with Gasteiger partial charge in [0.15, 0.2) is 0 Å². The van der Waals surface area contributed by atoms with Crippen molar-refractivity contribution in [2.45, 2.75) is 26.2 Å². The van der Waals surface area contributed by atoms with Crippen LogP contribution in [0.15, 0.2) is 36.7 Å². The molecule has 3 aromatic rings. The van der Waals surface area contributed by atoms with Crippen molar-refractivity contribution in [3.8, 4) is 0 Å². The first kappa shape index (κ1) is 14.5. The predicted octanol–water partition coefficient (Wildman–Crippen LogP) is 4.60. The van der Waals surface area contributed by atoms with Gasteiger partial charge in [-0.2, -0.15) is 0 Å². The Labute approximate surface area is 140 Å². The molecule has 0 aliphatic carbocycles. The van der Waals surface area contributed by atoms with E-state index in [9.17, 15) is 0 Å². The maximum absolute atomic E-state index is 4.42. The first-order valence-electron chi connectivity index (χ1n) is 8.19. The van der Waals surface area contributed by atoms with Crippen LogP contribution in [0.4, 0.5) is 17.2 Å². The van der Waals surface area contributed by atoms with Crippen LogP contribution in [0, 0.1) is 0 Å². The van der Waals surface area contributed by atoms with E-state index in [-0.39, 0.29) is 0 Å². The van der Waals surface area contributed by atoms with Gasteiger partial charge in [0, 0.05) is 29.3 Å². The monoisotopic (exact) mass is 324 g/mol. The van der Waals surface area contributed by atoms with Gasteiger partial charge in [0.2, 0.25) is 0 Å². The molecule has 0 unspecified atom stereocenters. The molecule has 1 saturated heterocycles. The van der Waals surface area contributed by atoms with E-state index in [1.807, 2.05) is 0 Å². The summed E-state index contributed by atoms with van der Waals surface area (Å²) in [6, 6.07) is 10.8. The summed E-state index contributed by atoms with van der Waals surface area (Å²) in [6.45, 7) is 4.52. The number of aromatic nitrogens is 2. The molecule has 5 heteroatoms. The molecule has 0 bridgehead atoms. The Morgan fingerprint density at radius 2 is 1.91 bits per heavy atom. The topological polar surface area (TPSA) is 41.0 Å². The molecule has 0 saturated carbocycles. The lowest BCUT2D eigenvalue weighted by Gasteiger charge is -2.18. The van der Waals surface area contributed by atoms with Gasteiger partial charge < -0.3 is 10.2 Å². The second kappa shape index (κ2) is 6.16. The average molecular weight is 324 g/mol. The minimum atomic E-state index is 0.889. The molecule has 0 spiro atoms. The molecular weight excluding hydrogens is 304 g/mol. The summed E-state index contributed by atoms with van der Waals surface area (Å²) in [4.78, 5) is 13.6. The fraction of sp³-hybridized carbons (Fsp3) is 0.333. The summed E-state index contributed by atoms with van der Waals surface area (Å²) in [5.41, 5.74) is 2.38. The second-order valence-corrected chi connectivity index (χ2v) is 6.99. The molecule has 1 aromatic carbocycles. The number of benzene rings is 1. The third-order valence-corrected chi connectivity index (χ3v) is 5.52. The largest absolute Gasteiger partial charge is 0.372 e. The van der Waals surface area contributed by atoms with Gasteiger partial charge >= 0.3 is 0 Å². The van der Waals surface area contributed by atoms with Crippen molar-refractivity contribution >= 4 is 38.7 Å². The SMILES string of the molecule is CCc1cc2c(Nc3ccc(N4CCCC4)cc3)ncnc2s1. The van der Waals surface area contributed by atoms with Crippen LogP contribution in [0.1, 0.15) is 24.6 Å². The fourth-order valence-corrected chi connectivity index (χ4v) is 3.98. The summed E-state index contributed by atoms with van der Waals surface area (Å²) in [6.07, 6.45) is 5.28. The summed E-state index contributed by atoms with van der Waals surface area (Å²) in [7, 11) is 0. The number of nitrogens with one attached hydrogen (secondary N) is 1. The van der Waals surface area contributed by atoms with Gasteiger partial charge in [0.1, 0.15) is 17.0 Å². The zero-order valence-corrected chi connectivity index (χ0v) is 14.1. The molecule has 118 valence electrons. The number of nitrogens with zero attached hydrogens (tertiary/aromatic N) is 3. The molecule has 1 N–H and O–H groups in total. The molecule has 2 aromatic heterocycles. The average Bonchev–Trinajstić information content (AvgIpc) is 3.25. The Balaban J connectivity index is 1.59. The second-order valence-electron chi connectivity index (χ2n) is 5.87. The van der Waals surface area contributed by atoms with Crippen molar-refractivity contribution in [2.75, 3.05) is 23.3 Å². The van der Waals surface area contributed by atoms with Crippen LogP contribution in [0.3, 0.4) is 0 Å².